The van der Waals surface area contributed by atoms with Gasteiger partial charge in [-0.15, -0.1) is 0 Å². The second-order valence-electron chi connectivity index (χ2n) is 7.96. The lowest BCUT2D eigenvalue weighted by Crippen LogP contribution is -2.46. The van der Waals surface area contributed by atoms with Crippen LogP contribution < -0.4 is 4.74 Å². The number of likely N-dealkylation sites (tertiary alicyclic amines) is 1. The van der Waals surface area contributed by atoms with Gasteiger partial charge in [0.05, 0.1) is 12.2 Å². The first-order valence-corrected chi connectivity index (χ1v) is 11.9. The van der Waals surface area contributed by atoms with E-state index in [1.54, 1.807) is 22.6 Å². The first kappa shape index (κ1) is 20.2. The number of pyridine rings is 1. The van der Waals surface area contributed by atoms with Gasteiger partial charge in [0.1, 0.15) is 11.0 Å². The molecule has 4 heterocycles. The molecule has 9 heteroatoms. The molecule has 3 aromatic rings. The van der Waals surface area contributed by atoms with Gasteiger partial charge >= 0.3 is 0 Å². The van der Waals surface area contributed by atoms with Gasteiger partial charge in [0.25, 0.3) is 0 Å². The maximum Gasteiger partial charge on any atom is 0.249 e. The molecule has 0 amide bonds. The number of aromatic nitrogens is 3. The summed E-state index contributed by atoms with van der Waals surface area (Å²) in [5, 5.41) is 4.35. The highest BCUT2D eigenvalue weighted by atomic mass is 32.2. The van der Waals surface area contributed by atoms with Crippen LogP contribution in [0, 0.1) is 0 Å². The van der Waals surface area contributed by atoms with E-state index in [0.29, 0.717) is 26.2 Å². The summed E-state index contributed by atoms with van der Waals surface area (Å²) in [7, 11) is -3.77. The highest BCUT2D eigenvalue weighted by Gasteiger charge is 2.47. The quantitative estimate of drug-likeness (QED) is 0.606. The van der Waals surface area contributed by atoms with Gasteiger partial charge in [-0.3, -0.25) is 9.58 Å². The molecule has 0 spiro atoms. The molecule has 1 fully saturated rings. The van der Waals surface area contributed by atoms with Crippen LogP contribution in [-0.4, -0.2) is 57.6 Å². The van der Waals surface area contributed by atoms with Crippen molar-refractivity contribution in [3.63, 3.8) is 0 Å². The number of hydrogen-bond acceptors (Lipinski definition) is 6. The number of ether oxygens (including phenoxy) is 1. The average molecular weight is 440 g/mol. The Morgan fingerprint density at radius 1 is 1.06 bits per heavy atom. The number of fused-ring (bicyclic) bond motifs is 2. The SMILES string of the molecule is CCn1cc(CN2C[C@@H]3Oc4ncccc4S(=O)(=O)N(Cc4ccccc4)[C@H]3C2)cn1. The van der Waals surface area contributed by atoms with Crippen LogP contribution in [0.2, 0.25) is 0 Å². The van der Waals surface area contributed by atoms with Gasteiger partial charge in [-0.05, 0) is 24.6 Å². The van der Waals surface area contributed by atoms with Crippen LogP contribution in [0.1, 0.15) is 18.1 Å². The van der Waals surface area contributed by atoms with Gasteiger partial charge in [0.2, 0.25) is 15.9 Å². The lowest BCUT2D eigenvalue weighted by atomic mass is 10.1. The summed E-state index contributed by atoms with van der Waals surface area (Å²) in [6, 6.07) is 12.6. The van der Waals surface area contributed by atoms with Crippen molar-refractivity contribution in [2.24, 2.45) is 0 Å². The third-order valence-corrected chi connectivity index (χ3v) is 7.75. The minimum absolute atomic E-state index is 0.135. The molecule has 2 aliphatic heterocycles. The lowest BCUT2D eigenvalue weighted by Gasteiger charge is -2.28. The molecule has 0 radical (unpaired) electrons. The Labute approximate surface area is 182 Å². The normalized spacial score (nSPS) is 23.0. The van der Waals surface area contributed by atoms with Crippen LogP contribution in [0.4, 0.5) is 0 Å². The van der Waals surface area contributed by atoms with E-state index in [1.807, 2.05) is 47.4 Å². The number of hydrogen-bond donors (Lipinski definition) is 0. The van der Waals surface area contributed by atoms with Crippen molar-refractivity contribution < 1.29 is 13.2 Å². The summed E-state index contributed by atoms with van der Waals surface area (Å²) < 4.78 is 37.0. The molecule has 0 aliphatic carbocycles. The Bertz CT molecular complexity index is 1160. The van der Waals surface area contributed by atoms with Gasteiger partial charge in [0, 0.05) is 50.7 Å². The third kappa shape index (κ3) is 3.84. The van der Waals surface area contributed by atoms with E-state index >= 15 is 0 Å². The molecule has 0 unspecified atom stereocenters. The topological polar surface area (TPSA) is 80.6 Å². The molecular weight excluding hydrogens is 414 g/mol. The zero-order valence-electron chi connectivity index (χ0n) is 17.3. The third-order valence-electron chi connectivity index (χ3n) is 5.87. The van der Waals surface area contributed by atoms with E-state index in [-0.39, 0.29) is 22.9 Å². The van der Waals surface area contributed by atoms with Crippen molar-refractivity contribution in [2.45, 2.75) is 43.6 Å². The molecular formula is C22H25N5O3S. The molecule has 0 bridgehead atoms. The van der Waals surface area contributed by atoms with Crippen molar-refractivity contribution in [1.82, 2.24) is 24.0 Å². The van der Waals surface area contributed by atoms with E-state index < -0.39 is 10.0 Å². The molecule has 162 valence electrons. The molecule has 2 aliphatic rings. The van der Waals surface area contributed by atoms with Crippen LogP contribution in [0.15, 0.2) is 66.0 Å². The largest absolute Gasteiger partial charge is 0.470 e. The Morgan fingerprint density at radius 3 is 2.68 bits per heavy atom. The van der Waals surface area contributed by atoms with E-state index in [1.165, 1.54) is 0 Å². The molecule has 1 saturated heterocycles. The molecule has 1 aromatic carbocycles. The summed E-state index contributed by atoms with van der Waals surface area (Å²) in [4.78, 5) is 6.61. The fraction of sp³-hybridized carbons (Fsp3) is 0.364. The molecule has 0 N–H and O–H groups in total. The van der Waals surface area contributed by atoms with Crippen molar-refractivity contribution in [3.05, 3.63) is 72.2 Å². The molecule has 2 atom stereocenters. The van der Waals surface area contributed by atoms with Crippen molar-refractivity contribution in [3.8, 4) is 5.88 Å². The van der Waals surface area contributed by atoms with Gasteiger partial charge in [-0.1, -0.05) is 30.3 Å². The fourth-order valence-corrected chi connectivity index (χ4v) is 6.05. The van der Waals surface area contributed by atoms with E-state index in [2.05, 4.69) is 21.9 Å². The predicted octanol–water partition coefficient (Wildman–Crippen LogP) is 2.13. The van der Waals surface area contributed by atoms with E-state index in [4.69, 9.17) is 4.74 Å². The van der Waals surface area contributed by atoms with Crippen LogP contribution in [0.3, 0.4) is 0 Å². The maximum atomic E-state index is 13.7. The summed E-state index contributed by atoms with van der Waals surface area (Å²) in [5.74, 6) is 0.189. The van der Waals surface area contributed by atoms with Crippen LogP contribution >= 0.6 is 0 Å². The Kier molecular flexibility index (Phi) is 5.25. The highest BCUT2D eigenvalue weighted by molar-refractivity contribution is 7.89. The van der Waals surface area contributed by atoms with Gasteiger partial charge in [-0.25, -0.2) is 13.4 Å². The first-order valence-electron chi connectivity index (χ1n) is 10.5. The smallest absolute Gasteiger partial charge is 0.249 e. The molecule has 5 rings (SSSR count). The standard InChI is InChI=1S/C22H25N5O3S/c1-2-26-13-18(11-24-26)12-25-15-19-20(16-25)30-22-21(9-6-10-23-22)31(28,29)27(19)14-17-7-4-3-5-8-17/h3-11,13,19-20H,2,12,14-16H2,1H3/t19-,20-/m0/s1. The minimum Gasteiger partial charge on any atom is -0.470 e. The minimum atomic E-state index is -3.77. The number of aryl methyl sites for hydroxylation is 1. The molecule has 8 nitrogen and oxygen atoms in total. The Balaban J connectivity index is 1.48. The predicted molar refractivity (Wildman–Crippen MR) is 115 cm³/mol. The lowest BCUT2D eigenvalue weighted by molar-refractivity contribution is 0.144. The maximum absolute atomic E-state index is 13.7. The molecule has 31 heavy (non-hydrogen) atoms. The zero-order valence-corrected chi connectivity index (χ0v) is 18.1. The van der Waals surface area contributed by atoms with Gasteiger partial charge in [0.15, 0.2) is 0 Å². The number of benzene rings is 1. The van der Waals surface area contributed by atoms with Gasteiger partial charge in [-0.2, -0.15) is 9.40 Å². The monoisotopic (exact) mass is 439 g/mol. The van der Waals surface area contributed by atoms with Crippen LogP contribution in [0.5, 0.6) is 5.88 Å². The van der Waals surface area contributed by atoms with E-state index in [9.17, 15) is 8.42 Å². The molecule has 0 saturated carbocycles. The molecule has 2 aromatic heterocycles. The Hall–Kier alpha value is -2.75. The number of nitrogens with zero attached hydrogens (tertiary/aromatic N) is 5. The summed E-state index contributed by atoms with van der Waals surface area (Å²) in [6.07, 6.45) is 5.18. The highest BCUT2D eigenvalue weighted by Crippen LogP contribution is 2.36. The zero-order chi connectivity index (χ0) is 21.4. The van der Waals surface area contributed by atoms with Crippen LogP contribution in [0.25, 0.3) is 0 Å². The van der Waals surface area contributed by atoms with Crippen molar-refractivity contribution in [2.75, 3.05) is 13.1 Å². The summed E-state index contributed by atoms with van der Waals surface area (Å²) in [5.41, 5.74) is 2.05. The summed E-state index contributed by atoms with van der Waals surface area (Å²) in [6.45, 7) is 5.07. The first-order chi connectivity index (χ1) is 15.0. The number of sulfonamides is 1. The fourth-order valence-electron chi connectivity index (χ4n) is 4.35. The van der Waals surface area contributed by atoms with Crippen molar-refractivity contribution in [1.29, 1.82) is 0 Å². The van der Waals surface area contributed by atoms with Crippen LogP contribution in [-0.2, 0) is 29.7 Å². The van der Waals surface area contributed by atoms with Crippen molar-refractivity contribution >= 4 is 10.0 Å². The average Bonchev–Trinajstić information content (AvgIpc) is 3.38. The number of rotatable bonds is 5. The second kappa shape index (κ2) is 8.07. The second-order valence-corrected chi connectivity index (χ2v) is 9.82. The summed E-state index contributed by atoms with van der Waals surface area (Å²) >= 11 is 0. The Morgan fingerprint density at radius 2 is 1.90 bits per heavy atom. The van der Waals surface area contributed by atoms with E-state index in [0.717, 1.165) is 17.7 Å². The van der Waals surface area contributed by atoms with Gasteiger partial charge < -0.3 is 4.74 Å².